The maximum atomic E-state index is 13.0. The largest absolute Gasteiger partial charge is 0.481 e. The van der Waals surface area contributed by atoms with E-state index >= 15 is 0 Å². The van der Waals surface area contributed by atoms with Crippen molar-refractivity contribution in [1.29, 1.82) is 0 Å². The first-order chi connectivity index (χ1) is 20.0. The van der Waals surface area contributed by atoms with Gasteiger partial charge in [-0.15, -0.1) is 0 Å². The molecule has 9 N–H and O–H groups in total. The molecule has 13 nitrogen and oxygen atoms in total. The number of unbranched alkanes of at least 4 members (excludes halogenated alkanes) is 1. The van der Waals surface area contributed by atoms with E-state index in [1.807, 2.05) is 30.3 Å². The van der Waals surface area contributed by atoms with Gasteiger partial charge in [-0.25, -0.2) is 0 Å². The highest BCUT2D eigenvalue weighted by atomic mass is 16.4. The Morgan fingerprint density at radius 2 is 1.55 bits per heavy atom. The maximum absolute atomic E-state index is 13.0. The standard InChI is InChI=1S/C29H44N4O9/c30-24(8-4-5-11-32-27(39)10-9-20(29(41)42)15-33-23(17-35)18-36)26(38)13-21(12-19-6-2-1-3-7-19)25(37)14-22(16-34)28(31)40/h1-3,6-7,17,20-24,33-34,36H,4-5,8-16,18,30H2,(H2,31,40)(H,32,39)(H,41,42)/t20?,21?,22?,23-,24?/m1/s1. The third-order valence-corrected chi connectivity index (χ3v) is 7.03. The number of aldehydes is 1. The average molecular weight is 593 g/mol. The van der Waals surface area contributed by atoms with Crippen LogP contribution in [-0.4, -0.2) is 89.3 Å². The summed E-state index contributed by atoms with van der Waals surface area (Å²) < 4.78 is 0. The number of rotatable bonds is 24. The minimum Gasteiger partial charge on any atom is -0.481 e. The van der Waals surface area contributed by atoms with Crippen molar-refractivity contribution in [1.82, 2.24) is 10.6 Å². The van der Waals surface area contributed by atoms with Gasteiger partial charge in [0.1, 0.15) is 17.9 Å². The highest BCUT2D eigenvalue weighted by Gasteiger charge is 2.28. The Morgan fingerprint density at radius 1 is 0.881 bits per heavy atom. The van der Waals surface area contributed by atoms with E-state index < -0.39 is 54.9 Å². The summed E-state index contributed by atoms with van der Waals surface area (Å²) in [7, 11) is 0. The van der Waals surface area contributed by atoms with Crippen LogP contribution < -0.4 is 22.1 Å². The van der Waals surface area contributed by atoms with Gasteiger partial charge >= 0.3 is 5.97 Å². The number of carboxylic acids is 1. The number of hydrogen-bond acceptors (Lipinski definition) is 10. The van der Waals surface area contributed by atoms with Gasteiger partial charge in [0.15, 0.2) is 0 Å². The number of carbonyl (C=O) groups excluding carboxylic acids is 5. The molecular formula is C29H44N4O9. The number of aliphatic carboxylic acids is 1. The number of benzene rings is 1. The molecule has 0 radical (unpaired) electrons. The molecule has 0 fully saturated rings. The number of hydrogen-bond donors (Lipinski definition) is 7. The van der Waals surface area contributed by atoms with Crippen LogP contribution in [0.25, 0.3) is 0 Å². The summed E-state index contributed by atoms with van der Waals surface area (Å²) in [6, 6.07) is 7.42. The predicted octanol–water partition coefficient (Wildman–Crippen LogP) is -0.898. The van der Waals surface area contributed by atoms with Gasteiger partial charge in [-0.1, -0.05) is 30.3 Å². The van der Waals surface area contributed by atoms with Crippen LogP contribution >= 0.6 is 0 Å². The molecule has 1 aromatic rings. The Labute approximate surface area is 245 Å². The second kappa shape index (κ2) is 20.4. The van der Waals surface area contributed by atoms with Gasteiger partial charge in [-0.2, -0.15) is 0 Å². The van der Waals surface area contributed by atoms with E-state index in [2.05, 4.69) is 10.6 Å². The molecule has 0 bridgehead atoms. The first kappa shape index (κ1) is 36.5. The zero-order valence-corrected chi connectivity index (χ0v) is 23.8. The predicted molar refractivity (Wildman–Crippen MR) is 153 cm³/mol. The van der Waals surface area contributed by atoms with Gasteiger partial charge < -0.3 is 42.2 Å². The second-order valence-electron chi connectivity index (χ2n) is 10.4. The molecule has 13 heteroatoms. The summed E-state index contributed by atoms with van der Waals surface area (Å²) in [6.45, 7) is -0.783. The molecule has 0 saturated heterocycles. The van der Waals surface area contributed by atoms with Gasteiger partial charge in [0.2, 0.25) is 11.8 Å². The maximum Gasteiger partial charge on any atom is 0.307 e. The molecule has 0 aliphatic heterocycles. The third kappa shape index (κ3) is 14.4. The number of aliphatic hydroxyl groups is 2. The van der Waals surface area contributed by atoms with Crippen LogP contribution in [0.15, 0.2) is 30.3 Å². The van der Waals surface area contributed by atoms with E-state index in [1.54, 1.807) is 0 Å². The van der Waals surface area contributed by atoms with Crippen molar-refractivity contribution in [2.75, 3.05) is 26.3 Å². The van der Waals surface area contributed by atoms with Crippen LogP contribution in [0.3, 0.4) is 0 Å². The number of primary amides is 1. The van der Waals surface area contributed by atoms with Crippen molar-refractivity contribution in [3.05, 3.63) is 35.9 Å². The third-order valence-electron chi connectivity index (χ3n) is 7.03. The van der Waals surface area contributed by atoms with E-state index in [1.165, 1.54) is 0 Å². The van der Waals surface area contributed by atoms with E-state index in [9.17, 15) is 39.0 Å². The molecule has 0 aromatic heterocycles. The number of Topliss-reactive ketones (excluding diaryl/α,β-unsaturated/α-hetero) is 2. The summed E-state index contributed by atoms with van der Waals surface area (Å²) in [5, 5.41) is 33.0. The second-order valence-corrected chi connectivity index (χ2v) is 10.4. The minimum absolute atomic E-state index is 0.0365. The molecule has 234 valence electrons. The van der Waals surface area contributed by atoms with Crippen molar-refractivity contribution in [3.63, 3.8) is 0 Å². The van der Waals surface area contributed by atoms with E-state index in [0.29, 0.717) is 32.1 Å². The smallest absolute Gasteiger partial charge is 0.307 e. The number of amides is 2. The average Bonchev–Trinajstić information content (AvgIpc) is 2.97. The lowest BCUT2D eigenvalue weighted by Gasteiger charge is -2.20. The van der Waals surface area contributed by atoms with E-state index in [-0.39, 0.29) is 56.1 Å². The Bertz CT molecular complexity index is 1020. The Balaban J connectivity index is 2.50. The quantitative estimate of drug-likeness (QED) is 0.0573. The lowest BCUT2D eigenvalue weighted by Crippen LogP contribution is -2.39. The Kier molecular flexibility index (Phi) is 17.7. The molecule has 0 aliphatic rings. The van der Waals surface area contributed by atoms with Gasteiger partial charge in [-0.3, -0.25) is 24.0 Å². The van der Waals surface area contributed by atoms with Crippen LogP contribution in [0.4, 0.5) is 0 Å². The fourth-order valence-electron chi connectivity index (χ4n) is 4.29. The number of carboxylic acid groups (broad SMARTS) is 1. The molecule has 1 aromatic carbocycles. The molecule has 0 aliphatic carbocycles. The number of carbonyl (C=O) groups is 6. The number of aliphatic hydroxyl groups excluding tert-OH is 2. The molecule has 0 heterocycles. The molecule has 5 atom stereocenters. The normalized spacial score (nSPS) is 14.6. The molecule has 1 rings (SSSR count). The van der Waals surface area contributed by atoms with Crippen molar-refractivity contribution >= 4 is 35.6 Å². The topological polar surface area (TPSA) is 239 Å². The fourth-order valence-corrected chi connectivity index (χ4v) is 4.29. The van der Waals surface area contributed by atoms with Crippen LogP contribution in [0.2, 0.25) is 0 Å². The number of nitrogens with one attached hydrogen (secondary N) is 2. The van der Waals surface area contributed by atoms with Crippen LogP contribution in [-0.2, 0) is 35.2 Å². The monoisotopic (exact) mass is 592 g/mol. The first-order valence-electron chi connectivity index (χ1n) is 14.1. The van der Waals surface area contributed by atoms with Gasteiger partial charge in [0.05, 0.1) is 37.1 Å². The highest BCUT2D eigenvalue weighted by molar-refractivity contribution is 5.92. The summed E-state index contributed by atoms with van der Waals surface area (Å²) in [4.78, 5) is 71.6. The highest BCUT2D eigenvalue weighted by Crippen LogP contribution is 2.20. The Morgan fingerprint density at radius 3 is 2.12 bits per heavy atom. The summed E-state index contributed by atoms with van der Waals surface area (Å²) >= 11 is 0. The molecule has 0 saturated carbocycles. The van der Waals surface area contributed by atoms with Gasteiger partial charge in [0.25, 0.3) is 0 Å². The van der Waals surface area contributed by atoms with Crippen molar-refractivity contribution < 1.29 is 44.1 Å². The molecule has 2 amide bonds. The van der Waals surface area contributed by atoms with E-state index in [4.69, 9.17) is 16.6 Å². The summed E-state index contributed by atoms with van der Waals surface area (Å²) in [5.41, 5.74) is 12.2. The molecule has 0 spiro atoms. The molecule has 4 unspecified atom stereocenters. The Hall–Kier alpha value is -3.52. The van der Waals surface area contributed by atoms with Gasteiger partial charge in [-0.05, 0) is 37.7 Å². The fraction of sp³-hybridized carbons (Fsp3) is 0.586. The number of ketones is 2. The minimum atomic E-state index is -1.12. The van der Waals surface area contributed by atoms with Crippen molar-refractivity contribution in [3.8, 4) is 0 Å². The van der Waals surface area contributed by atoms with E-state index in [0.717, 1.165) is 5.56 Å². The van der Waals surface area contributed by atoms with Gasteiger partial charge in [0, 0.05) is 38.3 Å². The van der Waals surface area contributed by atoms with Crippen molar-refractivity contribution in [2.45, 2.75) is 63.5 Å². The SMILES string of the molecule is NC(=O)C(CO)CC(=O)C(CC(=O)C(N)CCCCNC(=O)CCC(CN[C@H](C=O)CO)C(=O)O)Cc1ccccc1. The summed E-state index contributed by atoms with van der Waals surface area (Å²) in [5.74, 6) is -5.56. The number of nitrogens with two attached hydrogens (primary N) is 2. The molecular weight excluding hydrogens is 548 g/mol. The summed E-state index contributed by atoms with van der Waals surface area (Å²) in [6.07, 6.45) is 1.76. The van der Waals surface area contributed by atoms with Crippen molar-refractivity contribution in [2.24, 2.45) is 29.2 Å². The lowest BCUT2D eigenvalue weighted by atomic mass is 9.84. The molecule has 42 heavy (non-hydrogen) atoms. The zero-order valence-electron chi connectivity index (χ0n) is 23.8. The zero-order chi connectivity index (χ0) is 31.5. The van der Waals surface area contributed by atoms with Crippen LogP contribution in [0.5, 0.6) is 0 Å². The lowest BCUT2D eigenvalue weighted by molar-refractivity contribution is -0.142. The van der Waals surface area contributed by atoms with Crippen LogP contribution in [0.1, 0.15) is 50.5 Å². The first-order valence-corrected chi connectivity index (χ1v) is 14.1. The van der Waals surface area contributed by atoms with Crippen LogP contribution in [0, 0.1) is 17.8 Å².